The Balaban J connectivity index is 0.000000173. The molecule has 0 unspecified atom stereocenters. The number of likely N-dealkylation sites (tertiary alicyclic amines) is 1. The first-order valence-electron chi connectivity index (χ1n) is 21.0. The summed E-state index contributed by atoms with van der Waals surface area (Å²) in [6.07, 6.45) is 9.92. The molecule has 9 rings (SSSR count). The van der Waals surface area contributed by atoms with Crippen molar-refractivity contribution >= 4 is 28.7 Å². The van der Waals surface area contributed by atoms with Crippen molar-refractivity contribution in [2.45, 2.75) is 90.5 Å². The normalized spacial score (nSPS) is 16.4. The predicted octanol–water partition coefficient (Wildman–Crippen LogP) is 11.0. The SMILES string of the molecule is CC(C)Oc1ccc(-c2ncc(-c3cccc4c3CC[C@H]4N)s2)cc1C#N.CC(C)Oc1ccc(-c2ncc(-c3cccc4c3CC[C@H]4NC(=O)N3CCCC3)s2)cc1C#N. The molecule has 4 aromatic carbocycles. The van der Waals surface area contributed by atoms with E-state index in [4.69, 9.17) is 15.2 Å². The number of nitrogens with two attached hydrogens (primary N) is 1. The van der Waals surface area contributed by atoms with Gasteiger partial charge < -0.3 is 25.4 Å². The number of fused-ring (bicyclic) bond motifs is 2. The van der Waals surface area contributed by atoms with E-state index in [1.807, 2.05) is 81.4 Å². The molecule has 0 radical (unpaired) electrons. The minimum Gasteiger partial charge on any atom is -0.490 e. The van der Waals surface area contributed by atoms with Gasteiger partial charge in [-0.3, -0.25) is 0 Å². The highest BCUT2D eigenvalue weighted by atomic mass is 32.1. The van der Waals surface area contributed by atoms with E-state index in [2.05, 4.69) is 63.8 Å². The second-order valence-electron chi connectivity index (χ2n) is 16.2. The molecule has 0 spiro atoms. The van der Waals surface area contributed by atoms with Gasteiger partial charge in [-0.05, 0) is 136 Å². The van der Waals surface area contributed by atoms with E-state index >= 15 is 0 Å². The lowest BCUT2D eigenvalue weighted by Gasteiger charge is -2.21. The monoisotopic (exact) mass is 847 g/mol. The van der Waals surface area contributed by atoms with Crippen molar-refractivity contribution in [3.8, 4) is 65.7 Å². The lowest BCUT2D eigenvalue weighted by atomic mass is 10.0. The van der Waals surface area contributed by atoms with Crippen molar-refractivity contribution in [2.75, 3.05) is 13.1 Å². The van der Waals surface area contributed by atoms with Crippen LogP contribution in [0.4, 0.5) is 4.79 Å². The number of ether oxygens (including phenoxy) is 2. The highest BCUT2D eigenvalue weighted by Crippen LogP contribution is 2.43. The van der Waals surface area contributed by atoms with Gasteiger partial charge in [0.25, 0.3) is 0 Å². The van der Waals surface area contributed by atoms with Crippen LogP contribution in [0, 0.1) is 22.7 Å². The molecule has 1 saturated heterocycles. The van der Waals surface area contributed by atoms with E-state index in [-0.39, 0.29) is 30.3 Å². The van der Waals surface area contributed by atoms with E-state index in [1.54, 1.807) is 22.7 Å². The van der Waals surface area contributed by atoms with Crippen LogP contribution in [0.2, 0.25) is 0 Å². The average Bonchev–Trinajstić information content (AvgIpc) is 4.12. The van der Waals surface area contributed by atoms with Crippen molar-refractivity contribution in [3.63, 3.8) is 0 Å². The van der Waals surface area contributed by atoms with Crippen molar-refractivity contribution in [1.82, 2.24) is 20.2 Å². The number of thiazole rings is 2. The molecule has 61 heavy (non-hydrogen) atoms. The third-order valence-electron chi connectivity index (χ3n) is 11.2. The molecule has 3 heterocycles. The molecule has 0 saturated carbocycles. The zero-order valence-electron chi connectivity index (χ0n) is 34.9. The van der Waals surface area contributed by atoms with Crippen LogP contribution in [0.15, 0.2) is 85.2 Å². The first-order chi connectivity index (χ1) is 29.6. The van der Waals surface area contributed by atoms with Crippen LogP contribution in [0.1, 0.15) is 98.8 Å². The zero-order valence-corrected chi connectivity index (χ0v) is 36.5. The Morgan fingerprint density at radius 1 is 0.754 bits per heavy atom. The summed E-state index contributed by atoms with van der Waals surface area (Å²) in [5, 5.41) is 24.0. The maximum atomic E-state index is 12.6. The number of nitriles is 2. The maximum absolute atomic E-state index is 12.6. The Hall–Kier alpha value is -6.05. The van der Waals surface area contributed by atoms with Crippen LogP contribution in [-0.4, -0.2) is 46.2 Å². The van der Waals surface area contributed by atoms with Gasteiger partial charge in [0, 0.05) is 42.7 Å². The smallest absolute Gasteiger partial charge is 0.317 e. The Morgan fingerprint density at radius 2 is 1.26 bits per heavy atom. The first-order valence-corrected chi connectivity index (χ1v) is 22.6. The molecule has 2 aromatic heterocycles. The van der Waals surface area contributed by atoms with Gasteiger partial charge in [0.2, 0.25) is 0 Å². The lowest BCUT2D eigenvalue weighted by molar-refractivity contribution is 0.204. The minimum atomic E-state index is 0.00792. The molecule has 2 amide bonds. The van der Waals surface area contributed by atoms with Crippen molar-refractivity contribution in [1.29, 1.82) is 10.5 Å². The van der Waals surface area contributed by atoms with Crippen molar-refractivity contribution in [2.24, 2.45) is 5.73 Å². The quantitative estimate of drug-likeness (QED) is 0.146. The molecule has 6 aromatic rings. The summed E-state index contributed by atoms with van der Waals surface area (Å²) in [6.45, 7) is 9.50. The van der Waals surface area contributed by atoms with Gasteiger partial charge in [0.05, 0.1) is 39.1 Å². The molecule has 1 aliphatic heterocycles. The number of urea groups is 1. The third-order valence-corrected chi connectivity index (χ3v) is 13.4. The fourth-order valence-corrected chi connectivity index (χ4v) is 10.3. The maximum Gasteiger partial charge on any atom is 0.317 e. The number of carbonyl (C=O) groups is 1. The van der Waals surface area contributed by atoms with Gasteiger partial charge in [-0.2, -0.15) is 10.5 Å². The second kappa shape index (κ2) is 18.3. The van der Waals surface area contributed by atoms with E-state index in [0.29, 0.717) is 22.6 Å². The van der Waals surface area contributed by atoms with Crippen LogP contribution in [0.3, 0.4) is 0 Å². The van der Waals surface area contributed by atoms with Gasteiger partial charge in [0.1, 0.15) is 33.7 Å². The predicted molar refractivity (Wildman–Crippen MR) is 243 cm³/mol. The summed E-state index contributed by atoms with van der Waals surface area (Å²) in [5.41, 5.74) is 16.6. The van der Waals surface area contributed by atoms with E-state index in [9.17, 15) is 15.3 Å². The summed E-state index contributed by atoms with van der Waals surface area (Å²) in [4.78, 5) is 26.1. The summed E-state index contributed by atoms with van der Waals surface area (Å²) >= 11 is 3.27. The summed E-state index contributed by atoms with van der Waals surface area (Å²) in [7, 11) is 0. The molecule has 310 valence electrons. The van der Waals surface area contributed by atoms with Crippen LogP contribution < -0.4 is 20.5 Å². The van der Waals surface area contributed by atoms with E-state index < -0.39 is 0 Å². The molecular formula is C49H49N7O3S2. The number of nitrogens with zero attached hydrogens (tertiary/aromatic N) is 5. The number of benzene rings is 4. The topological polar surface area (TPSA) is 150 Å². The van der Waals surface area contributed by atoms with Crippen LogP contribution >= 0.6 is 22.7 Å². The largest absolute Gasteiger partial charge is 0.490 e. The van der Waals surface area contributed by atoms with Gasteiger partial charge >= 0.3 is 6.03 Å². The van der Waals surface area contributed by atoms with E-state index in [0.717, 1.165) is 82.5 Å². The van der Waals surface area contributed by atoms with Crippen molar-refractivity contribution < 1.29 is 14.3 Å². The molecule has 12 heteroatoms. The summed E-state index contributed by atoms with van der Waals surface area (Å²) in [6, 6.07) is 28.7. The third kappa shape index (κ3) is 9.03. The number of hydrogen-bond donors (Lipinski definition) is 2. The zero-order chi connectivity index (χ0) is 42.6. The highest BCUT2D eigenvalue weighted by molar-refractivity contribution is 7.18. The Labute approximate surface area is 365 Å². The fourth-order valence-electron chi connectivity index (χ4n) is 8.39. The minimum absolute atomic E-state index is 0.00792. The van der Waals surface area contributed by atoms with Gasteiger partial charge in [-0.1, -0.05) is 36.4 Å². The average molecular weight is 848 g/mol. The molecule has 2 aliphatic carbocycles. The number of aromatic nitrogens is 2. The number of carbonyl (C=O) groups excluding carboxylic acids is 1. The number of hydrogen-bond acceptors (Lipinski definition) is 10. The van der Waals surface area contributed by atoms with Crippen LogP contribution in [0.25, 0.3) is 42.0 Å². The number of rotatable bonds is 9. The molecule has 1 fully saturated rings. The van der Waals surface area contributed by atoms with Gasteiger partial charge in [-0.15, -0.1) is 22.7 Å². The Morgan fingerprint density at radius 3 is 1.79 bits per heavy atom. The van der Waals surface area contributed by atoms with Gasteiger partial charge in [-0.25, -0.2) is 14.8 Å². The number of amides is 2. The number of nitrogens with one attached hydrogen (secondary N) is 1. The first kappa shape index (κ1) is 41.7. The Kier molecular flexibility index (Phi) is 12.5. The van der Waals surface area contributed by atoms with Crippen LogP contribution in [0.5, 0.6) is 11.5 Å². The second-order valence-corrected chi connectivity index (χ2v) is 18.2. The molecule has 3 aliphatic rings. The molecule has 0 bridgehead atoms. The van der Waals surface area contributed by atoms with Crippen LogP contribution in [-0.2, 0) is 12.8 Å². The van der Waals surface area contributed by atoms with Crippen molar-refractivity contribution in [3.05, 3.63) is 119 Å². The molecule has 2 atom stereocenters. The van der Waals surface area contributed by atoms with Gasteiger partial charge in [0.15, 0.2) is 0 Å². The molecule has 3 N–H and O–H groups in total. The molecule has 10 nitrogen and oxygen atoms in total. The summed E-state index contributed by atoms with van der Waals surface area (Å²) in [5.74, 6) is 1.21. The Bertz CT molecular complexity index is 2650. The highest BCUT2D eigenvalue weighted by Gasteiger charge is 2.29. The fraction of sp³-hybridized carbons (Fsp3) is 0.327. The van der Waals surface area contributed by atoms with E-state index in [1.165, 1.54) is 33.4 Å². The standard InChI is InChI=1S/C27H28N4O2S.C22H21N3OS/c1-17(2)33-24-11-8-18(14-19(24)15-28)26-29-16-25(34-26)22-7-5-6-21-20(22)9-10-23(21)30-27(32)31-12-3-4-13-31;1-13(2)26-20-9-6-14(10-15(20)11-23)22-25-12-21(27-22)18-5-3-4-17-16(18)7-8-19(17)24/h5-8,11,14,16-17,23H,3-4,9-10,12-13H2,1-2H3,(H,30,32);3-6,9-10,12-13,19H,7-8,24H2,1-2H3/t23-;19-/m11/s1. The molecular weight excluding hydrogens is 799 g/mol. The summed E-state index contributed by atoms with van der Waals surface area (Å²) < 4.78 is 11.5. The lowest BCUT2D eigenvalue weighted by Crippen LogP contribution is -2.39.